The number of hydrogen-bond donors (Lipinski definition) is 3. The highest BCUT2D eigenvalue weighted by molar-refractivity contribution is 6.05. The molecule has 7 nitrogen and oxygen atoms in total. The quantitative estimate of drug-likeness (QED) is 0.310. The first-order chi connectivity index (χ1) is 16.6. The van der Waals surface area contributed by atoms with Gasteiger partial charge in [0, 0.05) is 12.1 Å². The van der Waals surface area contributed by atoms with E-state index in [-0.39, 0.29) is 18.8 Å². The van der Waals surface area contributed by atoms with Crippen molar-refractivity contribution in [3.63, 3.8) is 0 Å². The third-order valence-electron chi connectivity index (χ3n) is 5.75. The van der Waals surface area contributed by atoms with E-state index in [9.17, 15) is 9.59 Å². The zero-order valence-corrected chi connectivity index (χ0v) is 19.3. The lowest BCUT2D eigenvalue weighted by Crippen LogP contribution is -2.36. The van der Waals surface area contributed by atoms with E-state index in [4.69, 9.17) is 14.6 Å². The summed E-state index contributed by atoms with van der Waals surface area (Å²) < 4.78 is 11.5. The molecule has 2 aromatic rings. The van der Waals surface area contributed by atoms with Crippen molar-refractivity contribution in [3.8, 4) is 11.5 Å². The Labute approximate surface area is 200 Å². The molecule has 0 spiro atoms. The van der Waals surface area contributed by atoms with Gasteiger partial charge in [-0.25, -0.2) is 0 Å². The van der Waals surface area contributed by atoms with Gasteiger partial charge in [-0.05, 0) is 79.6 Å². The topological polar surface area (TPSA) is 96.9 Å². The second-order valence-corrected chi connectivity index (χ2v) is 8.84. The zero-order valence-electron chi connectivity index (χ0n) is 19.3. The standard InChI is InChI=1S/C27H32N2O5/c30-16-15-28-27(32)25(18-20-5-9-23(10-6-20)34-24-13-14-24)29-26(31)21-7-11-22(12-8-21)33-17-1-2-19-3-4-19/h5-12,18-19,24,30H,1-4,13-17H2,(H,28,32)(H,29,31)/b25-18-. The first-order valence-electron chi connectivity index (χ1n) is 12.0. The Morgan fingerprint density at radius 1 is 0.971 bits per heavy atom. The molecule has 2 fully saturated rings. The molecule has 2 aromatic carbocycles. The predicted octanol–water partition coefficient (Wildman–Crippen LogP) is 3.68. The smallest absolute Gasteiger partial charge is 0.267 e. The molecule has 2 aliphatic rings. The molecule has 180 valence electrons. The van der Waals surface area contributed by atoms with E-state index in [0.717, 1.165) is 42.2 Å². The summed E-state index contributed by atoms with van der Waals surface area (Å²) >= 11 is 0. The van der Waals surface area contributed by atoms with Crippen LogP contribution in [0.3, 0.4) is 0 Å². The van der Waals surface area contributed by atoms with Crippen molar-refractivity contribution < 1.29 is 24.2 Å². The largest absolute Gasteiger partial charge is 0.494 e. The van der Waals surface area contributed by atoms with E-state index in [0.29, 0.717) is 18.3 Å². The van der Waals surface area contributed by atoms with Crippen molar-refractivity contribution in [2.75, 3.05) is 19.8 Å². The molecule has 4 rings (SSSR count). The third kappa shape index (κ3) is 7.63. The van der Waals surface area contributed by atoms with Crippen LogP contribution in [0.4, 0.5) is 0 Å². The number of benzene rings is 2. The molecule has 0 saturated heterocycles. The Kier molecular flexibility index (Phi) is 8.20. The fourth-order valence-corrected chi connectivity index (χ4v) is 3.48. The van der Waals surface area contributed by atoms with Crippen LogP contribution in [-0.4, -0.2) is 42.8 Å². The lowest BCUT2D eigenvalue weighted by atomic mass is 10.1. The molecular weight excluding hydrogens is 432 g/mol. The Morgan fingerprint density at radius 3 is 2.32 bits per heavy atom. The fraction of sp³-hybridized carbons (Fsp3) is 0.407. The van der Waals surface area contributed by atoms with Crippen LogP contribution in [0.25, 0.3) is 6.08 Å². The van der Waals surface area contributed by atoms with Gasteiger partial charge < -0.3 is 25.2 Å². The van der Waals surface area contributed by atoms with Crippen LogP contribution in [0.2, 0.25) is 0 Å². The van der Waals surface area contributed by atoms with Gasteiger partial charge in [0.2, 0.25) is 0 Å². The van der Waals surface area contributed by atoms with Gasteiger partial charge in [-0.3, -0.25) is 9.59 Å². The van der Waals surface area contributed by atoms with E-state index in [1.165, 1.54) is 19.3 Å². The van der Waals surface area contributed by atoms with Gasteiger partial charge in [0.1, 0.15) is 17.2 Å². The molecule has 3 N–H and O–H groups in total. The molecule has 0 aliphatic heterocycles. The maximum absolute atomic E-state index is 12.8. The summed E-state index contributed by atoms with van der Waals surface area (Å²) in [5, 5.41) is 14.3. The molecule has 2 amide bonds. The number of carbonyl (C=O) groups is 2. The van der Waals surface area contributed by atoms with Crippen LogP contribution in [0.15, 0.2) is 54.2 Å². The van der Waals surface area contributed by atoms with Crippen LogP contribution in [-0.2, 0) is 4.79 Å². The van der Waals surface area contributed by atoms with Crippen molar-refractivity contribution in [1.29, 1.82) is 0 Å². The second kappa shape index (κ2) is 11.7. The van der Waals surface area contributed by atoms with Crippen LogP contribution in [0.5, 0.6) is 11.5 Å². The summed E-state index contributed by atoms with van der Waals surface area (Å²) in [6.07, 6.45) is 9.01. The number of ether oxygens (including phenoxy) is 2. The summed E-state index contributed by atoms with van der Waals surface area (Å²) in [4.78, 5) is 25.4. The summed E-state index contributed by atoms with van der Waals surface area (Å²) in [6.45, 7) is 0.569. The zero-order chi connectivity index (χ0) is 23.8. The Balaban J connectivity index is 1.37. The van der Waals surface area contributed by atoms with E-state index < -0.39 is 11.8 Å². The normalized spacial score (nSPS) is 15.5. The molecule has 2 aliphatic carbocycles. The van der Waals surface area contributed by atoms with E-state index in [2.05, 4.69) is 10.6 Å². The van der Waals surface area contributed by atoms with Gasteiger partial charge in [0.05, 0.1) is 19.3 Å². The van der Waals surface area contributed by atoms with Crippen molar-refractivity contribution in [2.45, 2.75) is 44.6 Å². The van der Waals surface area contributed by atoms with Gasteiger partial charge >= 0.3 is 0 Å². The number of aliphatic hydroxyl groups is 1. The van der Waals surface area contributed by atoms with E-state index in [1.54, 1.807) is 30.3 Å². The highest BCUT2D eigenvalue weighted by Gasteiger charge is 2.23. The van der Waals surface area contributed by atoms with E-state index in [1.807, 2.05) is 24.3 Å². The Bertz CT molecular complexity index is 993. The molecule has 0 heterocycles. The molecular formula is C27H32N2O5. The fourth-order valence-electron chi connectivity index (χ4n) is 3.48. The minimum absolute atomic E-state index is 0.0903. The molecule has 0 bridgehead atoms. The maximum atomic E-state index is 12.8. The van der Waals surface area contributed by atoms with Gasteiger partial charge in [-0.2, -0.15) is 0 Å². The summed E-state index contributed by atoms with van der Waals surface area (Å²) in [6, 6.07) is 14.2. The molecule has 0 aromatic heterocycles. The average molecular weight is 465 g/mol. The van der Waals surface area contributed by atoms with Gasteiger partial charge in [0.25, 0.3) is 11.8 Å². The van der Waals surface area contributed by atoms with Crippen molar-refractivity contribution in [3.05, 3.63) is 65.4 Å². The highest BCUT2D eigenvalue weighted by Crippen LogP contribution is 2.33. The van der Waals surface area contributed by atoms with Gasteiger partial charge in [0.15, 0.2) is 0 Å². The van der Waals surface area contributed by atoms with Crippen LogP contribution < -0.4 is 20.1 Å². The van der Waals surface area contributed by atoms with Crippen LogP contribution in [0.1, 0.15) is 54.4 Å². The lowest BCUT2D eigenvalue weighted by molar-refractivity contribution is -0.117. The van der Waals surface area contributed by atoms with E-state index >= 15 is 0 Å². The SMILES string of the molecule is O=C(NCCO)/C(=C/c1ccc(OC2CC2)cc1)NC(=O)c1ccc(OCCCC2CC2)cc1. The Hall–Kier alpha value is -3.32. The van der Waals surface area contributed by atoms with Crippen molar-refractivity contribution >= 4 is 17.9 Å². The maximum Gasteiger partial charge on any atom is 0.267 e. The lowest BCUT2D eigenvalue weighted by Gasteiger charge is -2.12. The van der Waals surface area contributed by atoms with Gasteiger partial charge in [-0.1, -0.05) is 25.0 Å². The molecule has 7 heteroatoms. The first kappa shape index (κ1) is 23.8. The minimum Gasteiger partial charge on any atom is -0.494 e. The van der Waals surface area contributed by atoms with Gasteiger partial charge in [-0.15, -0.1) is 0 Å². The van der Waals surface area contributed by atoms with Crippen molar-refractivity contribution in [1.82, 2.24) is 10.6 Å². The van der Waals surface area contributed by atoms with Crippen LogP contribution >= 0.6 is 0 Å². The summed E-state index contributed by atoms with van der Waals surface area (Å²) in [7, 11) is 0. The summed E-state index contributed by atoms with van der Waals surface area (Å²) in [5.41, 5.74) is 1.25. The van der Waals surface area contributed by atoms with Crippen molar-refractivity contribution in [2.24, 2.45) is 5.92 Å². The number of amides is 2. The molecule has 34 heavy (non-hydrogen) atoms. The van der Waals surface area contributed by atoms with Crippen LogP contribution in [0, 0.1) is 5.92 Å². The molecule has 2 saturated carbocycles. The first-order valence-corrected chi connectivity index (χ1v) is 12.0. The molecule has 0 atom stereocenters. The number of hydrogen-bond acceptors (Lipinski definition) is 5. The minimum atomic E-state index is -0.476. The molecule has 0 radical (unpaired) electrons. The monoisotopic (exact) mass is 464 g/mol. The average Bonchev–Trinajstić information content (AvgIpc) is 3.78. The number of rotatable bonds is 13. The summed E-state index contributed by atoms with van der Waals surface area (Å²) in [5.74, 6) is 1.51. The molecule has 0 unspecified atom stereocenters. The number of carbonyl (C=O) groups excluding carboxylic acids is 2. The Morgan fingerprint density at radius 2 is 1.68 bits per heavy atom. The predicted molar refractivity (Wildman–Crippen MR) is 130 cm³/mol. The highest BCUT2D eigenvalue weighted by atomic mass is 16.5. The third-order valence-corrected chi connectivity index (χ3v) is 5.75. The number of nitrogens with one attached hydrogen (secondary N) is 2. The second-order valence-electron chi connectivity index (χ2n) is 8.84. The number of aliphatic hydroxyl groups excluding tert-OH is 1.